The smallest absolute Gasteiger partial charge is 0.224 e. The van der Waals surface area contributed by atoms with Crippen LogP contribution in [0.1, 0.15) is 39.9 Å². The molecule has 1 saturated heterocycles. The van der Waals surface area contributed by atoms with Gasteiger partial charge in [-0.05, 0) is 48.2 Å². The Bertz CT molecular complexity index is 1100. The van der Waals surface area contributed by atoms with Crippen LogP contribution in [-0.4, -0.2) is 46.4 Å². The Hall–Kier alpha value is -3.43. The molecule has 4 rings (SSSR count). The first-order chi connectivity index (χ1) is 14.6. The lowest BCUT2D eigenvalue weighted by Crippen LogP contribution is -2.44. The fourth-order valence-electron chi connectivity index (χ4n) is 4.01. The molecule has 30 heavy (non-hydrogen) atoms. The number of nitrogens with zero attached hydrogens (tertiary/aromatic N) is 2. The summed E-state index contributed by atoms with van der Waals surface area (Å²) in [7, 11) is 0. The second-order valence-corrected chi connectivity index (χ2v) is 7.81. The van der Waals surface area contributed by atoms with Gasteiger partial charge in [0.2, 0.25) is 5.91 Å². The summed E-state index contributed by atoms with van der Waals surface area (Å²) in [4.78, 5) is 25.9. The van der Waals surface area contributed by atoms with Gasteiger partial charge in [0.15, 0.2) is 0 Å². The summed E-state index contributed by atoms with van der Waals surface area (Å²) in [6, 6.07) is 11.7. The maximum atomic E-state index is 12.5. The summed E-state index contributed by atoms with van der Waals surface area (Å²) < 4.78 is 0. The minimum absolute atomic E-state index is 0.0460. The number of hydrogen-bond donors (Lipinski definition) is 2. The van der Waals surface area contributed by atoms with E-state index in [0.717, 1.165) is 66.4 Å². The Morgan fingerprint density at radius 1 is 1.23 bits per heavy atom. The van der Waals surface area contributed by atoms with E-state index in [1.165, 1.54) is 0 Å². The van der Waals surface area contributed by atoms with Gasteiger partial charge in [-0.15, -0.1) is 6.42 Å². The molecular weight excluding hydrogens is 376 g/mol. The number of carbonyl (C=O) groups is 2. The van der Waals surface area contributed by atoms with Gasteiger partial charge in [0, 0.05) is 42.2 Å². The summed E-state index contributed by atoms with van der Waals surface area (Å²) in [6.07, 6.45) is 10.3. The molecule has 2 aromatic carbocycles. The number of carbonyl (C=O) groups excluding carboxylic acids is 2. The fraction of sp³-hybridized carbons (Fsp3) is 0.292. The lowest BCUT2D eigenvalue weighted by atomic mass is 10.0. The van der Waals surface area contributed by atoms with Gasteiger partial charge < -0.3 is 5.32 Å². The molecule has 0 unspecified atom stereocenters. The molecule has 0 atom stereocenters. The molecule has 6 nitrogen and oxygen atoms in total. The van der Waals surface area contributed by atoms with Crippen molar-refractivity contribution >= 4 is 23.1 Å². The van der Waals surface area contributed by atoms with E-state index >= 15 is 0 Å². The number of H-pyrrole nitrogens is 1. The van der Waals surface area contributed by atoms with Gasteiger partial charge in [0.25, 0.3) is 0 Å². The van der Waals surface area contributed by atoms with Crippen molar-refractivity contribution < 1.29 is 9.59 Å². The van der Waals surface area contributed by atoms with E-state index in [-0.39, 0.29) is 11.9 Å². The zero-order chi connectivity index (χ0) is 20.9. The number of nitrogens with one attached hydrogen (secondary N) is 2. The maximum absolute atomic E-state index is 12.5. The van der Waals surface area contributed by atoms with Crippen molar-refractivity contribution in [2.75, 3.05) is 13.1 Å². The molecular formula is C24H24N4O2. The maximum Gasteiger partial charge on any atom is 0.224 e. The number of rotatable bonds is 6. The summed E-state index contributed by atoms with van der Waals surface area (Å²) in [5.74, 6) is 2.65. The van der Waals surface area contributed by atoms with Crippen molar-refractivity contribution in [1.82, 2.24) is 20.4 Å². The highest BCUT2D eigenvalue weighted by Crippen LogP contribution is 2.17. The molecule has 6 heteroatoms. The molecule has 1 aliphatic heterocycles. The first-order valence-corrected chi connectivity index (χ1v) is 10.1. The molecule has 1 fully saturated rings. The molecule has 1 amide bonds. The molecule has 0 spiro atoms. The predicted octanol–water partition coefficient (Wildman–Crippen LogP) is 2.68. The van der Waals surface area contributed by atoms with Gasteiger partial charge in [0.05, 0.1) is 18.1 Å². The lowest BCUT2D eigenvalue weighted by Gasteiger charge is -2.32. The van der Waals surface area contributed by atoms with Crippen LogP contribution in [-0.2, 0) is 17.8 Å². The Balaban J connectivity index is 1.27. The zero-order valence-corrected chi connectivity index (χ0v) is 16.7. The molecule has 0 bridgehead atoms. The number of amides is 1. The van der Waals surface area contributed by atoms with E-state index in [1.807, 2.05) is 30.3 Å². The number of aldehydes is 1. The van der Waals surface area contributed by atoms with E-state index in [1.54, 1.807) is 12.3 Å². The number of aromatic amines is 1. The van der Waals surface area contributed by atoms with Gasteiger partial charge >= 0.3 is 0 Å². The van der Waals surface area contributed by atoms with E-state index in [4.69, 9.17) is 6.42 Å². The number of likely N-dealkylation sites (tertiary alicyclic amines) is 1. The van der Waals surface area contributed by atoms with Crippen molar-refractivity contribution in [3.8, 4) is 12.3 Å². The van der Waals surface area contributed by atoms with Crippen LogP contribution < -0.4 is 5.32 Å². The van der Waals surface area contributed by atoms with Crippen molar-refractivity contribution in [2.24, 2.45) is 0 Å². The number of aromatic nitrogens is 2. The predicted molar refractivity (Wildman–Crippen MR) is 116 cm³/mol. The minimum Gasteiger partial charge on any atom is -0.353 e. The standard InChI is InChI=1S/C24H24N4O2/c1-2-17-9-19(11-20(10-17)16-29)15-28-7-5-22(6-8-28)26-24(30)13-18-3-4-21-14-25-27-23(21)12-18/h1,3-4,9-12,14,16,22H,5-8,13,15H2,(H,25,27)(H,26,30). The molecule has 1 aromatic heterocycles. The zero-order valence-electron chi connectivity index (χ0n) is 16.7. The van der Waals surface area contributed by atoms with Gasteiger partial charge in [-0.3, -0.25) is 19.6 Å². The molecule has 2 heterocycles. The van der Waals surface area contributed by atoms with Crippen LogP contribution in [0, 0.1) is 12.3 Å². The molecule has 3 aromatic rings. The molecule has 1 aliphatic rings. The summed E-state index contributed by atoms with van der Waals surface area (Å²) in [6.45, 7) is 2.53. The van der Waals surface area contributed by atoms with E-state index in [0.29, 0.717) is 12.0 Å². The van der Waals surface area contributed by atoms with Crippen molar-refractivity contribution in [3.63, 3.8) is 0 Å². The summed E-state index contributed by atoms with van der Waals surface area (Å²) in [5, 5.41) is 11.2. The second-order valence-electron chi connectivity index (χ2n) is 7.81. The third kappa shape index (κ3) is 4.76. The van der Waals surface area contributed by atoms with Crippen LogP contribution in [0.5, 0.6) is 0 Å². The number of piperidine rings is 1. The van der Waals surface area contributed by atoms with Gasteiger partial charge in [-0.25, -0.2) is 0 Å². The Labute approximate surface area is 175 Å². The third-order valence-electron chi connectivity index (χ3n) is 5.55. The second kappa shape index (κ2) is 8.93. The van der Waals surface area contributed by atoms with Crippen LogP contribution >= 0.6 is 0 Å². The topological polar surface area (TPSA) is 78.1 Å². The molecule has 152 valence electrons. The highest BCUT2D eigenvalue weighted by atomic mass is 16.1. The number of fused-ring (bicyclic) bond motifs is 1. The average molecular weight is 400 g/mol. The first-order valence-electron chi connectivity index (χ1n) is 10.1. The van der Waals surface area contributed by atoms with Crippen molar-refractivity contribution in [3.05, 3.63) is 64.8 Å². The molecule has 0 radical (unpaired) electrons. The lowest BCUT2D eigenvalue weighted by molar-refractivity contribution is -0.121. The normalized spacial score (nSPS) is 15.0. The largest absolute Gasteiger partial charge is 0.353 e. The van der Waals surface area contributed by atoms with Crippen molar-refractivity contribution in [2.45, 2.75) is 31.8 Å². The summed E-state index contributed by atoms with van der Waals surface area (Å²) >= 11 is 0. The quantitative estimate of drug-likeness (QED) is 0.493. The third-order valence-corrected chi connectivity index (χ3v) is 5.55. The van der Waals surface area contributed by atoms with Crippen LogP contribution in [0.4, 0.5) is 0 Å². The van der Waals surface area contributed by atoms with E-state index < -0.39 is 0 Å². The average Bonchev–Trinajstić information content (AvgIpc) is 3.22. The Kier molecular flexibility index (Phi) is 5.92. The number of benzene rings is 2. The minimum atomic E-state index is 0.0460. The van der Waals surface area contributed by atoms with Gasteiger partial charge in [0.1, 0.15) is 6.29 Å². The van der Waals surface area contributed by atoms with Gasteiger partial charge in [-0.1, -0.05) is 18.1 Å². The van der Waals surface area contributed by atoms with E-state index in [2.05, 4.69) is 26.3 Å². The monoisotopic (exact) mass is 400 g/mol. The highest BCUT2D eigenvalue weighted by Gasteiger charge is 2.21. The number of terminal acetylenes is 1. The number of hydrogen-bond acceptors (Lipinski definition) is 4. The van der Waals surface area contributed by atoms with Crippen LogP contribution in [0.15, 0.2) is 42.6 Å². The van der Waals surface area contributed by atoms with Gasteiger partial charge in [-0.2, -0.15) is 5.10 Å². The molecule has 2 N–H and O–H groups in total. The Morgan fingerprint density at radius 2 is 2.07 bits per heavy atom. The Morgan fingerprint density at radius 3 is 2.83 bits per heavy atom. The first kappa shape index (κ1) is 19.9. The SMILES string of the molecule is C#Cc1cc(C=O)cc(CN2CCC(NC(=O)Cc3ccc4cn[nH]c4c3)CC2)c1. The molecule has 0 saturated carbocycles. The highest BCUT2D eigenvalue weighted by molar-refractivity contribution is 5.83. The van der Waals surface area contributed by atoms with Crippen molar-refractivity contribution in [1.29, 1.82) is 0 Å². The summed E-state index contributed by atoms with van der Waals surface area (Å²) in [5.41, 5.74) is 4.30. The molecule has 0 aliphatic carbocycles. The fourth-order valence-corrected chi connectivity index (χ4v) is 4.01. The van der Waals surface area contributed by atoms with E-state index in [9.17, 15) is 9.59 Å². The van der Waals surface area contributed by atoms with Crippen LogP contribution in [0.3, 0.4) is 0 Å². The van der Waals surface area contributed by atoms with Crippen LogP contribution in [0.25, 0.3) is 10.9 Å². The van der Waals surface area contributed by atoms with Crippen LogP contribution in [0.2, 0.25) is 0 Å².